The maximum absolute atomic E-state index is 12.2. The van der Waals surface area contributed by atoms with E-state index < -0.39 is 0 Å². The number of hydrogen-bond donors (Lipinski definition) is 1. The summed E-state index contributed by atoms with van der Waals surface area (Å²) in [5, 5.41) is 0. The fourth-order valence-electron chi connectivity index (χ4n) is 2.05. The van der Waals surface area contributed by atoms with Gasteiger partial charge in [-0.1, -0.05) is 51.1 Å². The van der Waals surface area contributed by atoms with E-state index in [1.165, 1.54) is 7.11 Å². The van der Waals surface area contributed by atoms with Crippen molar-refractivity contribution in [2.75, 3.05) is 7.11 Å². The van der Waals surface area contributed by atoms with Crippen LogP contribution in [0.1, 0.15) is 26.5 Å². The minimum absolute atomic E-state index is 0.0926. The Kier molecular flexibility index (Phi) is 3.47. The van der Waals surface area contributed by atoms with E-state index in [2.05, 4.69) is 25.8 Å². The van der Waals surface area contributed by atoms with Crippen molar-refractivity contribution in [3.8, 4) is 17.0 Å². The van der Waals surface area contributed by atoms with Crippen LogP contribution >= 0.6 is 0 Å². The molecule has 1 N–H and O–H groups in total. The summed E-state index contributed by atoms with van der Waals surface area (Å²) in [6, 6.07) is 11.4. The predicted molar refractivity (Wildman–Crippen MR) is 77.8 cm³/mol. The molecule has 1 heterocycles. The Hall–Kier alpha value is -2.03. The second-order valence-electron chi connectivity index (χ2n) is 5.57. The van der Waals surface area contributed by atoms with E-state index in [0.29, 0.717) is 5.75 Å². The van der Waals surface area contributed by atoms with E-state index in [1.54, 1.807) is 6.07 Å². The van der Waals surface area contributed by atoms with Crippen molar-refractivity contribution < 1.29 is 4.74 Å². The van der Waals surface area contributed by atoms with E-state index in [4.69, 9.17) is 4.74 Å². The summed E-state index contributed by atoms with van der Waals surface area (Å²) < 4.78 is 5.25. The summed E-state index contributed by atoms with van der Waals surface area (Å²) >= 11 is 0. The Labute approximate surface area is 113 Å². The molecule has 0 aliphatic carbocycles. The Morgan fingerprint density at radius 2 is 1.74 bits per heavy atom. The Morgan fingerprint density at radius 3 is 2.26 bits per heavy atom. The van der Waals surface area contributed by atoms with Gasteiger partial charge in [0.15, 0.2) is 5.75 Å². The molecule has 0 fully saturated rings. The summed E-state index contributed by atoms with van der Waals surface area (Å²) in [6.07, 6.45) is 0. The summed E-state index contributed by atoms with van der Waals surface area (Å²) in [4.78, 5) is 15.5. The molecule has 0 saturated heterocycles. The predicted octanol–water partition coefficient (Wildman–Crippen LogP) is 3.35. The highest BCUT2D eigenvalue weighted by atomic mass is 16.5. The Balaban J connectivity index is 2.68. The first-order valence-corrected chi connectivity index (χ1v) is 6.30. The number of methoxy groups -OCH3 is 1. The number of nitrogens with one attached hydrogen (secondary N) is 1. The zero-order valence-electron chi connectivity index (χ0n) is 11.8. The first kappa shape index (κ1) is 13.4. The fraction of sp³-hybridized carbons (Fsp3) is 0.312. The Bertz CT molecular complexity index is 621. The first-order chi connectivity index (χ1) is 8.93. The lowest BCUT2D eigenvalue weighted by atomic mass is 9.90. The van der Waals surface area contributed by atoms with Crippen molar-refractivity contribution in [3.63, 3.8) is 0 Å². The van der Waals surface area contributed by atoms with Crippen molar-refractivity contribution in [1.29, 1.82) is 0 Å². The molecule has 100 valence electrons. The van der Waals surface area contributed by atoms with Crippen LogP contribution in [0.2, 0.25) is 0 Å². The third kappa shape index (κ3) is 2.70. The average molecular weight is 257 g/mol. The highest BCUT2D eigenvalue weighted by Crippen LogP contribution is 2.29. The molecule has 2 aromatic rings. The topological polar surface area (TPSA) is 42.1 Å². The summed E-state index contributed by atoms with van der Waals surface area (Å²) in [6.45, 7) is 6.15. The van der Waals surface area contributed by atoms with Gasteiger partial charge in [0.1, 0.15) is 0 Å². The standard InChI is InChI=1S/C16H19NO2/c1-16(2,3)15-14(19-4)13(18)10-12(17-15)11-8-6-5-7-9-11/h5-10H,1-4H3,(H,17,18). The molecule has 0 radical (unpaired) electrons. The minimum Gasteiger partial charge on any atom is -0.491 e. The van der Waals surface area contributed by atoms with E-state index >= 15 is 0 Å². The van der Waals surface area contributed by atoms with Crippen LogP contribution in [0.4, 0.5) is 0 Å². The highest BCUT2D eigenvalue weighted by molar-refractivity contribution is 5.60. The number of H-pyrrole nitrogens is 1. The molecule has 1 aromatic carbocycles. The molecule has 0 amide bonds. The molecule has 2 rings (SSSR count). The molecule has 0 atom stereocenters. The quantitative estimate of drug-likeness (QED) is 0.896. The number of rotatable bonds is 2. The monoisotopic (exact) mass is 257 g/mol. The molecular formula is C16H19NO2. The third-order valence-corrected chi connectivity index (χ3v) is 3.02. The number of aromatic amines is 1. The molecular weight excluding hydrogens is 238 g/mol. The second kappa shape index (κ2) is 4.92. The van der Waals surface area contributed by atoms with Gasteiger partial charge in [-0.15, -0.1) is 0 Å². The highest BCUT2D eigenvalue weighted by Gasteiger charge is 2.22. The zero-order chi connectivity index (χ0) is 14.0. The molecule has 0 aliphatic heterocycles. The van der Waals surface area contributed by atoms with E-state index in [1.807, 2.05) is 30.3 Å². The maximum Gasteiger partial charge on any atom is 0.224 e. The maximum atomic E-state index is 12.2. The van der Waals surface area contributed by atoms with Crippen LogP contribution in [0.25, 0.3) is 11.3 Å². The average Bonchev–Trinajstić information content (AvgIpc) is 2.37. The number of hydrogen-bond acceptors (Lipinski definition) is 2. The molecule has 0 unspecified atom stereocenters. The van der Waals surface area contributed by atoms with E-state index in [9.17, 15) is 4.79 Å². The van der Waals surface area contributed by atoms with Crippen molar-refractivity contribution in [2.24, 2.45) is 0 Å². The van der Waals surface area contributed by atoms with Crippen molar-refractivity contribution in [1.82, 2.24) is 4.98 Å². The van der Waals surface area contributed by atoms with Gasteiger partial charge >= 0.3 is 0 Å². The van der Waals surface area contributed by atoms with Gasteiger partial charge in [-0.05, 0) is 5.56 Å². The smallest absolute Gasteiger partial charge is 0.224 e. The Morgan fingerprint density at radius 1 is 1.11 bits per heavy atom. The fourth-order valence-corrected chi connectivity index (χ4v) is 2.05. The largest absolute Gasteiger partial charge is 0.491 e. The van der Waals surface area contributed by atoms with Crippen LogP contribution in [0, 0.1) is 0 Å². The molecule has 1 aromatic heterocycles. The van der Waals surface area contributed by atoms with Crippen LogP contribution in [-0.2, 0) is 5.41 Å². The van der Waals surface area contributed by atoms with Gasteiger partial charge in [-0.3, -0.25) is 4.79 Å². The van der Waals surface area contributed by atoms with Gasteiger partial charge in [0, 0.05) is 17.2 Å². The van der Waals surface area contributed by atoms with Crippen LogP contribution in [-0.4, -0.2) is 12.1 Å². The van der Waals surface area contributed by atoms with Crippen molar-refractivity contribution >= 4 is 0 Å². The molecule has 0 spiro atoms. The summed E-state index contributed by atoms with van der Waals surface area (Å²) in [5.74, 6) is 0.396. The summed E-state index contributed by atoms with van der Waals surface area (Å²) in [5.41, 5.74) is 2.35. The van der Waals surface area contributed by atoms with Crippen LogP contribution in [0.3, 0.4) is 0 Å². The van der Waals surface area contributed by atoms with Crippen LogP contribution in [0.15, 0.2) is 41.2 Å². The van der Waals surface area contributed by atoms with Gasteiger partial charge in [-0.25, -0.2) is 0 Å². The van der Waals surface area contributed by atoms with E-state index in [0.717, 1.165) is 17.0 Å². The lowest BCUT2D eigenvalue weighted by molar-refractivity contribution is 0.388. The molecule has 3 heteroatoms. The molecule has 0 saturated carbocycles. The minimum atomic E-state index is -0.185. The van der Waals surface area contributed by atoms with Gasteiger partial charge in [-0.2, -0.15) is 0 Å². The molecule has 3 nitrogen and oxygen atoms in total. The lowest BCUT2D eigenvalue weighted by Gasteiger charge is -2.22. The summed E-state index contributed by atoms with van der Waals surface area (Å²) in [7, 11) is 1.53. The number of pyridine rings is 1. The van der Waals surface area contributed by atoms with Crippen LogP contribution in [0.5, 0.6) is 5.75 Å². The van der Waals surface area contributed by atoms with Crippen molar-refractivity contribution in [3.05, 3.63) is 52.3 Å². The van der Waals surface area contributed by atoms with E-state index in [-0.39, 0.29) is 10.8 Å². The molecule has 0 aliphatic rings. The van der Waals surface area contributed by atoms with Gasteiger partial charge in [0.05, 0.1) is 12.8 Å². The van der Waals surface area contributed by atoms with Gasteiger partial charge in [0.2, 0.25) is 5.43 Å². The zero-order valence-corrected chi connectivity index (χ0v) is 11.8. The molecule has 0 bridgehead atoms. The van der Waals surface area contributed by atoms with Gasteiger partial charge < -0.3 is 9.72 Å². The number of aromatic nitrogens is 1. The number of ether oxygens (including phenoxy) is 1. The molecule has 19 heavy (non-hydrogen) atoms. The SMILES string of the molecule is COc1c(C(C)(C)C)[nH]c(-c2ccccc2)cc1=O. The first-order valence-electron chi connectivity index (χ1n) is 6.30. The lowest BCUT2D eigenvalue weighted by Crippen LogP contribution is -2.20. The second-order valence-corrected chi connectivity index (χ2v) is 5.57. The van der Waals surface area contributed by atoms with Crippen molar-refractivity contribution in [2.45, 2.75) is 26.2 Å². The van der Waals surface area contributed by atoms with Crippen LogP contribution < -0.4 is 10.2 Å². The van der Waals surface area contributed by atoms with Gasteiger partial charge in [0.25, 0.3) is 0 Å². The normalized spacial score (nSPS) is 11.4. The third-order valence-electron chi connectivity index (χ3n) is 3.02. The number of benzene rings is 1.